The van der Waals surface area contributed by atoms with Crippen LogP contribution in [0.5, 0.6) is 0 Å². The maximum atomic E-state index is 12.4. The molecule has 1 amide bonds. The van der Waals surface area contributed by atoms with Crippen LogP contribution in [0.2, 0.25) is 0 Å². The van der Waals surface area contributed by atoms with Crippen LogP contribution in [0, 0.1) is 5.92 Å². The molecule has 1 aliphatic carbocycles. The average Bonchev–Trinajstić information content (AvgIpc) is 3.07. The molecule has 1 fully saturated rings. The topological polar surface area (TPSA) is 97.1 Å². The molecule has 0 radical (unpaired) electrons. The minimum atomic E-state index is -0.813. The number of carboxylic acids is 1. The van der Waals surface area contributed by atoms with Crippen molar-refractivity contribution in [3.05, 3.63) is 6.33 Å². The first-order valence-corrected chi connectivity index (χ1v) is 10.5. The summed E-state index contributed by atoms with van der Waals surface area (Å²) < 4.78 is 1.93. The van der Waals surface area contributed by atoms with Gasteiger partial charge in [0.2, 0.25) is 5.91 Å². The number of nitrogens with zero attached hydrogens (tertiary/aromatic N) is 3. The van der Waals surface area contributed by atoms with E-state index in [1.807, 2.05) is 18.4 Å². The van der Waals surface area contributed by atoms with Crippen LogP contribution in [0.4, 0.5) is 0 Å². The number of rotatable bonds is 10. The lowest BCUT2D eigenvalue weighted by atomic mass is 9.84. The van der Waals surface area contributed by atoms with E-state index in [1.54, 1.807) is 6.33 Å². The monoisotopic (exact) mass is 382 g/mol. The fourth-order valence-corrected chi connectivity index (χ4v) is 4.32. The summed E-state index contributed by atoms with van der Waals surface area (Å²) in [6, 6.07) is 0.176. The summed E-state index contributed by atoms with van der Waals surface area (Å²) in [4.78, 5) is 23.3. The first-order chi connectivity index (χ1) is 12.5. The molecule has 8 heteroatoms. The van der Waals surface area contributed by atoms with Crippen molar-refractivity contribution < 1.29 is 14.7 Å². The van der Waals surface area contributed by atoms with E-state index in [0.717, 1.165) is 11.6 Å². The Bertz CT molecular complexity index is 585. The van der Waals surface area contributed by atoms with Gasteiger partial charge in [0.1, 0.15) is 6.33 Å². The number of hydrogen-bond donors (Lipinski definition) is 2. The molecular weight excluding hydrogens is 352 g/mol. The molecule has 1 unspecified atom stereocenters. The van der Waals surface area contributed by atoms with E-state index in [9.17, 15) is 9.59 Å². The van der Waals surface area contributed by atoms with Crippen molar-refractivity contribution in [1.82, 2.24) is 20.1 Å². The van der Waals surface area contributed by atoms with E-state index in [-0.39, 0.29) is 30.2 Å². The zero-order valence-corrected chi connectivity index (χ0v) is 16.5. The fourth-order valence-electron chi connectivity index (χ4n) is 3.46. The van der Waals surface area contributed by atoms with Gasteiger partial charge in [0.05, 0.1) is 5.75 Å². The zero-order chi connectivity index (χ0) is 18.9. The van der Waals surface area contributed by atoms with Crippen LogP contribution in [0.25, 0.3) is 0 Å². The van der Waals surface area contributed by atoms with Crippen molar-refractivity contribution in [3.63, 3.8) is 0 Å². The first-order valence-electron chi connectivity index (χ1n) is 9.49. The molecule has 0 aliphatic heterocycles. The van der Waals surface area contributed by atoms with E-state index in [1.165, 1.54) is 43.9 Å². The van der Waals surface area contributed by atoms with Crippen molar-refractivity contribution in [2.24, 2.45) is 5.92 Å². The molecule has 1 atom stereocenters. The Morgan fingerprint density at radius 1 is 1.35 bits per heavy atom. The highest BCUT2D eigenvalue weighted by atomic mass is 32.2. The summed E-state index contributed by atoms with van der Waals surface area (Å²) in [5.41, 5.74) is 0. The molecule has 146 valence electrons. The number of carbonyl (C=O) groups is 2. The maximum Gasteiger partial charge on any atom is 0.303 e. The maximum absolute atomic E-state index is 12.4. The molecule has 0 bridgehead atoms. The molecule has 2 N–H and O–H groups in total. The zero-order valence-electron chi connectivity index (χ0n) is 15.7. The van der Waals surface area contributed by atoms with Crippen molar-refractivity contribution in [3.8, 4) is 0 Å². The lowest BCUT2D eigenvalue weighted by Gasteiger charge is -2.27. The summed E-state index contributed by atoms with van der Waals surface area (Å²) in [5.74, 6) is -0.0222. The van der Waals surface area contributed by atoms with Gasteiger partial charge in [0.25, 0.3) is 0 Å². The normalized spacial score (nSPS) is 16.6. The van der Waals surface area contributed by atoms with Crippen LogP contribution < -0.4 is 5.32 Å². The molecule has 7 nitrogen and oxygen atoms in total. The third-order valence-corrected chi connectivity index (χ3v) is 5.80. The molecule has 0 saturated heterocycles. The van der Waals surface area contributed by atoms with Gasteiger partial charge < -0.3 is 15.0 Å². The summed E-state index contributed by atoms with van der Waals surface area (Å²) >= 11 is 1.36. The highest BCUT2D eigenvalue weighted by Gasteiger charge is 2.21. The van der Waals surface area contributed by atoms with Crippen LogP contribution in [-0.4, -0.2) is 43.5 Å². The smallest absolute Gasteiger partial charge is 0.303 e. The number of carbonyl (C=O) groups excluding carboxylic acids is 1. The Morgan fingerprint density at radius 3 is 2.73 bits per heavy atom. The molecular formula is C18H30N4O3S. The molecule has 0 spiro atoms. The summed E-state index contributed by atoms with van der Waals surface area (Å²) in [7, 11) is 0. The fraction of sp³-hybridized carbons (Fsp3) is 0.778. The number of aromatic nitrogens is 3. The predicted molar refractivity (Wildman–Crippen MR) is 101 cm³/mol. The van der Waals surface area contributed by atoms with Crippen molar-refractivity contribution in [2.75, 3.05) is 5.75 Å². The minimum absolute atomic E-state index is 0.0646. The largest absolute Gasteiger partial charge is 0.481 e. The number of carboxylic acid groups (broad SMARTS) is 1. The summed E-state index contributed by atoms with van der Waals surface area (Å²) in [6.07, 6.45) is 9.27. The van der Waals surface area contributed by atoms with Gasteiger partial charge in [-0.3, -0.25) is 9.59 Å². The SMILES string of the molecule is CC(C)n1cnnc1SCC(=O)NC(CCC(=O)O)CC1CCCCC1. The number of amides is 1. The first kappa shape index (κ1) is 20.7. The van der Waals surface area contributed by atoms with Gasteiger partial charge in [0.15, 0.2) is 5.16 Å². The Kier molecular flexibility index (Phi) is 8.41. The number of thioether (sulfide) groups is 1. The van der Waals surface area contributed by atoms with Gasteiger partial charge in [-0.1, -0.05) is 43.9 Å². The van der Waals surface area contributed by atoms with Crippen LogP contribution in [0.3, 0.4) is 0 Å². The lowest BCUT2D eigenvalue weighted by molar-refractivity contribution is -0.137. The molecule has 1 aromatic rings. The molecule has 0 aromatic carbocycles. The summed E-state index contributed by atoms with van der Waals surface area (Å²) in [6.45, 7) is 4.08. The van der Waals surface area contributed by atoms with E-state index in [2.05, 4.69) is 15.5 Å². The summed E-state index contributed by atoms with van der Waals surface area (Å²) in [5, 5.41) is 20.7. The Balaban J connectivity index is 1.85. The lowest BCUT2D eigenvalue weighted by Crippen LogP contribution is -2.38. The standard InChI is InChI=1S/C18H30N4O3S/c1-13(2)22-12-19-21-18(22)26-11-16(23)20-15(8-9-17(24)25)10-14-6-4-3-5-7-14/h12-15H,3-11H2,1-2H3,(H,20,23)(H,24,25). The van der Waals surface area contributed by atoms with Gasteiger partial charge in [-0.2, -0.15) is 0 Å². The Labute approximate surface area is 159 Å². The van der Waals surface area contributed by atoms with Gasteiger partial charge in [-0.05, 0) is 32.6 Å². The van der Waals surface area contributed by atoms with Crippen molar-refractivity contribution >= 4 is 23.6 Å². The van der Waals surface area contributed by atoms with Crippen molar-refractivity contribution in [2.45, 2.75) is 82.5 Å². The van der Waals surface area contributed by atoms with Gasteiger partial charge >= 0.3 is 5.97 Å². The van der Waals surface area contributed by atoms with Crippen molar-refractivity contribution in [1.29, 1.82) is 0 Å². The molecule has 1 saturated carbocycles. The van der Waals surface area contributed by atoms with Gasteiger partial charge in [0, 0.05) is 18.5 Å². The van der Waals surface area contributed by atoms with E-state index >= 15 is 0 Å². The second kappa shape index (κ2) is 10.5. The second-order valence-electron chi connectivity index (χ2n) is 7.34. The Morgan fingerprint density at radius 2 is 2.08 bits per heavy atom. The third-order valence-electron chi connectivity index (χ3n) is 4.84. The van der Waals surface area contributed by atoms with E-state index in [0.29, 0.717) is 12.3 Å². The van der Waals surface area contributed by atoms with Crippen LogP contribution in [0.1, 0.15) is 71.3 Å². The highest BCUT2D eigenvalue weighted by Crippen LogP contribution is 2.28. The number of nitrogens with one attached hydrogen (secondary N) is 1. The van der Waals surface area contributed by atoms with Gasteiger partial charge in [-0.25, -0.2) is 0 Å². The van der Waals surface area contributed by atoms with Crippen LogP contribution >= 0.6 is 11.8 Å². The second-order valence-corrected chi connectivity index (χ2v) is 8.28. The minimum Gasteiger partial charge on any atom is -0.481 e. The molecule has 1 aliphatic rings. The van der Waals surface area contributed by atoms with E-state index < -0.39 is 5.97 Å². The molecule has 2 rings (SSSR count). The molecule has 1 heterocycles. The van der Waals surface area contributed by atoms with Crippen LogP contribution in [-0.2, 0) is 9.59 Å². The average molecular weight is 383 g/mol. The third kappa shape index (κ3) is 6.97. The molecule has 1 aromatic heterocycles. The quantitative estimate of drug-likeness (QED) is 0.603. The predicted octanol–water partition coefficient (Wildman–Crippen LogP) is 3.27. The highest BCUT2D eigenvalue weighted by molar-refractivity contribution is 7.99. The van der Waals surface area contributed by atoms with Crippen LogP contribution in [0.15, 0.2) is 11.5 Å². The molecule has 26 heavy (non-hydrogen) atoms. The van der Waals surface area contributed by atoms with Gasteiger partial charge in [-0.15, -0.1) is 10.2 Å². The number of aliphatic carboxylic acids is 1. The Hall–Kier alpha value is -1.57. The van der Waals surface area contributed by atoms with E-state index in [4.69, 9.17) is 5.11 Å². The number of hydrogen-bond acceptors (Lipinski definition) is 5.